The molecule has 0 aliphatic carbocycles. The Labute approximate surface area is 120 Å². The number of hydrogen-bond acceptors (Lipinski definition) is 3. The van der Waals surface area contributed by atoms with Crippen molar-refractivity contribution in [1.29, 1.82) is 0 Å². The Balaban J connectivity index is 2.65. The van der Waals surface area contributed by atoms with Gasteiger partial charge in [0, 0.05) is 12.6 Å². The molecule has 1 atom stereocenters. The molecule has 1 aromatic heterocycles. The lowest BCUT2D eigenvalue weighted by molar-refractivity contribution is 0.162. The van der Waals surface area contributed by atoms with Gasteiger partial charge in [-0.2, -0.15) is 5.10 Å². The topological polar surface area (TPSA) is 79.2 Å². The highest BCUT2D eigenvalue weighted by molar-refractivity contribution is 5.88. The van der Waals surface area contributed by atoms with Crippen LogP contribution in [0.5, 0.6) is 0 Å². The normalized spacial score (nSPS) is 13.3. The van der Waals surface area contributed by atoms with E-state index in [0.717, 1.165) is 6.54 Å². The lowest BCUT2D eigenvalue weighted by Gasteiger charge is -2.29. The second-order valence-electron chi connectivity index (χ2n) is 6.49. The third-order valence-electron chi connectivity index (χ3n) is 3.03. The van der Waals surface area contributed by atoms with Crippen molar-refractivity contribution in [3.05, 3.63) is 12.3 Å². The van der Waals surface area contributed by atoms with Gasteiger partial charge in [0.05, 0.1) is 18.8 Å². The van der Waals surface area contributed by atoms with E-state index in [4.69, 9.17) is 0 Å². The molecular weight excluding hydrogens is 256 g/mol. The zero-order chi connectivity index (χ0) is 15.3. The zero-order valence-corrected chi connectivity index (χ0v) is 13.0. The van der Waals surface area contributed by atoms with E-state index in [1.54, 1.807) is 16.9 Å². The molecule has 0 spiro atoms. The first-order valence-electron chi connectivity index (χ1n) is 6.94. The van der Waals surface area contributed by atoms with E-state index in [9.17, 15) is 9.90 Å². The summed E-state index contributed by atoms with van der Waals surface area (Å²) in [6, 6.07) is 1.13. The highest BCUT2D eigenvalue weighted by atomic mass is 16.3. The van der Waals surface area contributed by atoms with Gasteiger partial charge in [-0.15, -0.1) is 0 Å². The highest BCUT2D eigenvalue weighted by Crippen LogP contribution is 2.19. The van der Waals surface area contributed by atoms with E-state index in [1.807, 2.05) is 20.8 Å². The quantitative estimate of drug-likeness (QED) is 0.773. The lowest BCUT2D eigenvalue weighted by Crippen LogP contribution is -2.48. The number of amides is 2. The Bertz CT molecular complexity index is 435. The number of hydrogen-bond donors (Lipinski definition) is 3. The first kappa shape index (κ1) is 16.5. The first-order valence-corrected chi connectivity index (χ1v) is 6.94. The largest absolute Gasteiger partial charge is 0.394 e. The van der Waals surface area contributed by atoms with Crippen LogP contribution in [0.15, 0.2) is 12.3 Å². The summed E-state index contributed by atoms with van der Waals surface area (Å²) in [4.78, 5) is 12.0. The third-order valence-corrected chi connectivity index (χ3v) is 3.03. The fraction of sp³-hybridized carbons (Fsp3) is 0.714. The fourth-order valence-corrected chi connectivity index (χ4v) is 1.78. The molecule has 0 radical (unpaired) electrons. The van der Waals surface area contributed by atoms with E-state index in [0.29, 0.717) is 11.7 Å². The third kappa shape index (κ3) is 4.85. The maximum absolute atomic E-state index is 12.0. The van der Waals surface area contributed by atoms with Gasteiger partial charge in [-0.3, -0.25) is 5.32 Å². The van der Waals surface area contributed by atoms with E-state index in [-0.39, 0.29) is 24.1 Å². The second-order valence-corrected chi connectivity index (χ2v) is 6.49. The number of rotatable bonds is 5. The summed E-state index contributed by atoms with van der Waals surface area (Å²) >= 11 is 0. The highest BCUT2D eigenvalue weighted by Gasteiger charge is 2.25. The van der Waals surface area contributed by atoms with Crippen LogP contribution in [0, 0.1) is 11.3 Å². The summed E-state index contributed by atoms with van der Waals surface area (Å²) in [6.45, 7) is 10.7. The van der Waals surface area contributed by atoms with E-state index < -0.39 is 0 Å². The minimum Gasteiger partial charge on any atom is -0.394 e. The maximum Gasteiger partial charge on any atom is 0.320 e. The van der Waals surface area contributed by atoms with E-state index >= 15 is 0 Å². The number of nitrogens with one attached hydrogen (secondary N) is 2. The molecule has 0 aliphatic rings. The summed E-state index contributed by atoms with van der Waals surface area (Å²) in [7, 11) is 0. The van der Waals surface area contributed by atoms with Crippen molar-refractivity contribution >= 4 is 11.8 Å². The summed E-state index contributed by atoms with van der Waals surface area (Å²) in [5, 5.41) is 19.1. The molecule has 0 aromatic carbocycles. The summed E-state index contributed by atoms with van der Waals surface area (Å²) in [5.41, 5.74) is -0.204. The van der Waals surface area contributed by atoms with Gasteiger partial charge in [0.2, 0.25) is 0 Å². The summed E-state index contributed by atoms with van der Waals surface area (Å²) < 4.78 is 1.76. The van der Waals surface area contributed by atoms with Crippen LogP contribution in [0.3, 0.4) is 0 Å². The zero-order valence-electron chi connectivity index (χ0n) is 13.0. The van der Waals surface area contributed by atoms with Crippen LogP contribution in [-0.2, 0) is 6.54 Å². The van der Waals surface area contributed by atoms with E-state index in [2.05, 4.69) is 29.6 Å². The summed E-state index contributed by atoms with van der Waals surface area (Å²) in [5.74, 6) is 1.10. The predicted molar refractivity (Wildman–Crippen MR) is 79.5 cm³/mol. The molecule has 1 aromatic rings. The molecule has 3 N–H and O–H groups in total. The van der Waals surface area contributed by atoms with Crippen molar-refractivity contribution in [3.63, 3.8) is 0 Å². The van der Waals surface area contributed by atoms with Crippen LogP contribution in [-0.4, -0.2) is 33.6 Å². The van der Waals surface area contributed by atoms with Crippen LogP contribution < -0.4 is 10.6 Å². The molecular formula is C14H26N4O2. The second kappa shape index (κ2) is 6.74. The molecule has 0 bridgehead atoms. The van der Waals surface area contributed by atoms with Crippen molar-refractivity contribution in [2.45, 2.75) is 47.2 Å². The minimum absolute atomic E-state index is 0.0951. The predicted octanol–water partition coefficient (Wildman–Crippen LogP) is 2.07. The van der Waals surface area contributed by atoms with E-state index in [1.165, 1.54) is 0 Å². The smallest absolute Gasteiger partial charge is 0.320 e. The van der Waals surface area contributed by atoms with Gasteiger partial charge in [0.15, 0.2) is 0 Å². The Morgan fingerprint density at radius 3 is 2.60 bits per heavy atom. The molecule has 2 amide bonds. The number of carbonyl (C=O) groups is 1. The van der Waals surface area contributed by atoms with Crippen LogP contribution in [0.25, 0.3) is 0 Å². The van der Waals surface area contributed by atoms with Gasteiger partial charge in [-0.05, 0) is 11.3 Å². The van der Waals surface area contributed by atoms with Crippen molar-refractivity contribution in [2.24, 2.45) is 11.3 Å². The number of aliphatic hydroxyl groups excluding tert-OH is 1. The maximum atomic E-state index is 12.0. The molecule has 1 heterocycles. The molecule has 0 fully saturated rings. The monoisotopic (exact) mass is 282 g/mol. The number of nitrogens with zero attached hydrogens (tertiary/aromatic N) is 2. The molecule has 0 saturated heterocycles. The molecule has 0 unspecified atom stereocenters. The molecule has 114 valence electrons. The molecule has 1 rings (SSSR count). The van der Waals surface area contributed by atoms with Gasteiger partial charge >= 0.3 is 6.03 Å². The number of carbonyl (C=O) groups excluding carboxylic acids is 1. The van der Waals surface area contributed by atoms with Gasteiger partial charge in [0.1, 0.15) is 5.82 Å². The number of urea groups is 1. The average Bonchev–Trinajstić information content (AvgIpc) is 2.71. The van der Waals surface area contributed by atoms with Gasteiger partial charge < -0.3 is 10.4 Å². The standard InChI is InChI=1S/C14H26N4O2/c1-10(2)8-18-12(6-7-15-18)17-13(20)16-11(9-19)14(3,4)5/h6-7,10-11,19H,8-9H2,1-5H3,(H2,16,17,20)/t11-/m1/s1. The summed E-state index contributed by atoms with van der Waals surface area (Å²) in [6.07, 6.45) is 1.66. The molecule has 6 nitrogen and oxygen atoms in total. The molecule has 0 aliphatic heterocycles. The Kier molecular flexibility index (Phi) is 5.56. The van der Waals surface area contributed by atoms with Crippen LogP contribution >= 0.6 is 0 Å². The average molecular weight is 282 g/mol. The Hall–Kier alpha value is -1.56. The number of aromatic nitrogens is 2. The Morgan fingerprint density at radius 2 is 2.10 bits per heavy atom. The number of anilines is 1. The molecule has 6 heteroatoms. The van der Waals surface area contributed by atoms with Crippen molar-refractivity contribution in [2.75, 3.05) is 11.9 Å². The molecule has 20 heavy (non-hydrogen) atoms. The van der Waals surface area contributed by atoms with Gasteiger partial charge in [0.25, 0.3) is 0 Å². The van der Waals surface area contributed by atoms with Gasteiger partial charge in [-0.25, -0.2) is 9.48 Å². The SMILES string of the molecule is CC(C)Cn1nccc1NC(=O)N[C@H](CO)C(C)(C)C. The Morgan fingerprint density at radius 1 is 1.45 bits per heavy atom. The van der Waals surface area contributed by atoms with Crippen LogP contribution in [0.2, 0.25) is 0 Å². The molecule has 0 saturated carbocycles. The van der Waals surface area contributed by atoms with Crippen molar-refractivity contribution < 1.29 is 9.90 Å². The van der Waals surface area contributed by atoms with Gasteiger partial charge in [-0.1, -0.05) is 34.6 Å². The first-order chi connectivity index (χ1) is 9.24. The lowest BCUT2D eigenvalue weighted by atomic mass is 9.87. The van der Waals surface area contributed by atoms with Crippen LogP contribution in [0.1, 0.15) is 34.6 Å². The van der Waals surface area contributed by atoms with Crippen molar-refractivity contribution in [3.8, 4) is 0 Å². The minimum atomic E-state index is -0.329. The fourth-order valence-electron chi connectivity index (χ4n) is 1.78. The van der Waals surface area contributed by atoms with Crippen molar-refractivity contribution in [1.82, 2.24) is 15.1 Å². The van der Waals surface area contributed by atoms with Crippen LogP contribution in [0.4, 0.5) is 10.6 Å². The number of aliphatic hydroxyl groups is 1.